The highest BCUT2D eigenvalue weighted by Crippen LogP contribution is 2.31. The van der Waals surface area contributed by atoms with Crippen LogP contribution in [0.4, 0.5) is 23.0 Å². The Morgan fingerprint density at radius 1 is 1.30 bits per heavy atom. The third kappa shape index (κ3) is 3.16. The van der Waals surface area contributed by atoms with E-state index in [0.29, 0.717) is 5.69 Å². The van der Waals surface area contributed by atoms with E-state index in [9.17, 15) is 10.1 Å². The van der Waals surface area contributed by atoms with Gasteiger partial charge in [0, 0.05) is 12.2 Å². The second-order valence-corrected chi connectivity index (χ2v) is 4.34. The van der Waals surface area contributed by atoms with Crippen molar-refractivity contribution < 1.29 is 4.92 Å². The van der Waals surface area contributed by atoms with Gasteiger partial charge in [0.2, 0.25) is 11.6 Å². The molecule has 2 heterocycles. The van der Waals surface area contributed by atoms with Crippen LogP contribution in [0.25, 0.3) is 0 Å². The molecular formula is C12H14N6O2. The fourth-order valence-corrected chi connectivity index (χ4v) is 1.60. The Bertz CT molecular complexity index is 602. The first kappa shape index (κ1) is 13.7. The number of aromatic nitrogens is 3. The molecule has 0 amide bonds. The monoisotopic (exact) mass is 274 g/mol. The van der Waals surface area contributed by atoms with Crippen LogP contribution in [0.2, 0.25) is 0 Å². The van der Waals surface area contributed by atoms with Crippen molar-refractivity contribution in [2.75, 3.05) is 10.6 Å². The minimum atomic E-state index is -0.511. The third-order valence-electron chi connectivity index (χ3n) is 2.35. The van der Waals surface area contributed by atoms with E-state index in [4.69, 9.17) is 0 Å². The van der Waals surface area contributed by atoms with Crippen LogP contribution < -0.4 is 10.6 Å². The van der Waals surface area contributed by atoms with Gasteiger partial charge >= 0.3 is 5.69 Å². The molecule has 0 aliphatic heterocycles. The van der Waals surface area contributed by atoms with E-state index in [1.165, 1.54) is 6.33 Å². The summed E-state index contributed by atoms with van der Waals surface area (Å²) in [5.74, 6) is 0.313. The van der Waals surface area contributed by atoms with Gasteiger partial charge in [-0.25, -0.2) is 9.97 Å². The number of rotatable bonds is 5. The maximum Gasteiger partial charge on any atom is 0.353 e. The first-order valence-corrected chi connectivity index (χ1v) is 6.01. The van der Waals surface area contributed by atoms with Crippen LogP contribution in [0.5, 0.6) is 0 Å². The van der Waals surface area contributed by atoms with E-state index in [1.807, 2.05) is 13.8 Å². The van der Waals surface area contributed by atoms with Crippen LogP contribution in [0.15, 0.2) is 30.9 Å². The molecule has 0 aliphatic rings. The van der Waals surface area contributed by atoms with Crippen molar-refractivity contribution in [3.63, 3.8) is 0 Å². The molecule has 2 rings (SSSR count). The summed E-state index contributed by atoms with van der Waals surface area (Å²) in [6.07, 6.45) is 4.45. The van der Waals surface area contributed by atoms with Gasteiger partial charge in [0.25, 0.3) is 0 Å². The van der Waals surface area contributed by atoms with Gasteiger partial charge in [-0.1, -0.05) is 0 Å². The van der Waals surface area contributed by atoms with E-state index in [0.717, 1.165) is 0 Å². The lowest BCUT2D eigenvalue weighted by molar-refractivity contribution is -0.383. The molecule has 20 heavy (non-hydrogen) atoms. The fraction of sp³-hybridized carbons (Fsp3) is 0.250. The van der Waals surface area contributed by atoms with Crippen molar-refractivity contribution in [2.24, 2.45) is 0 Å². The zero-order chi connectivity index (χ0) is 14.5. The number of hydrogen-bond donors (Lipinski definition) is 2. The summed E-state index contributed by atoms with van der Waals surface area (Å²) in [7, 11) is 0. The van der Waals surface area contributed by atoms with Crippen LogP contribution in [0, 0.1) is 10.1 Å². The summed E-state index contributed by atoms with van der Waals surface area (Å²) in [4.78, 5) is 22.5. The largest absolute Gasteiger partial charge is 0.362 e. The van der Waals surface area contributed by atoms with Gasteiger partial charge in [-0.3, -0.25) is 15.1 Å². The summed E-state index contributed by atoms with van der Waals surface area (Å²) in [5, 5.41) is 17.0. The maximum atomic E-state index is 11.2. The zero-order valence-electron chi connectivity index (χ0n) is 11.1. The lowest BCUT2D eigenvalue weighted by Gasteiger charge is -2.11. The molecule has 8 heteroatoms. The van der Waals surface area contributed by atoms with Gasteiger partial charge < -0.3 is 10.6 Å². The molecule has 2 N–H and O–H groups in total. The molecule has 0 spiro atoms. The topological polar surface area (TPSA) is 106 Å². The third-order valence-corrected chi connectivity index (χ3v) is 2.35. The van der Waals surface area contributed by atoms with E-state index >= 15 is 0 Å². The molecule has 0 radical (unpaired) electrons. The predicted molar refractivity (Wildman–Crippen MR) is 75.0 cm³/mol. The van der Waals surface area contributed by atoms with Gasteiger partial charge in [-0.15, -0.1) is 0 Å². The smallest absolute Gasteiger partial charge is 0.353 e. The van der Waals surface area contributed by atoms with Crippen molar-refractivity contribution in [1.29, 1.82) is 0 Å². The van der Waals surface area contributed by atoms with Gasteiger partial charge in [0.1, 0.15) is 6.33 Å². The van der Waals surface area contributed by atoms with Crippen LogP contribution in [-0.4, -0.2) is 25.9 Å². The molecule has 2 aromatic heterocycles. The Kier molecular flexibility index (Phi) is 4.04. The molecule has 0 aromatic carbocycles. The fourth-order valence-electron chi connectivity index (χ4n) is 1.60. The van der Waals surface area contributed by atoms with E-state index in [2.05, 4.69) is 25.6 Å². The number of nitrogens with zero attached hydrogens (tertiary/aromatic N) is 4. The Morgan fingerprint density at radius 3 is 2.65 bits per heavy atom. The molecule has 0 saturated heterocycles. The van der Waals surface area contributed by atoms with Crippen molar-refractivity contribution in [1.82, 2.24) is 15.0 Å². The molecule has 0 bridgehead atoms. The van der Waals surface area contributed by atoms with E-state index in [1.54, 1.807) is 24.5 Å². The molecule has 0 fully saturated rings. The summed E-state index contributed by atoms with van der Waals surface area (Å²) in [6.45, 7) is 3.75. The lowest BCUT2D eigenvalue weighted by atomic mass is 10.3. The van der Waals surface area contributed by atoms with Gasteiger partial charge in [0.05, 0.1) is 16.8 Å². The molecular weight excluding hydrogens is 260 g/mol. The summed E-state index contributed by atoms with van der Waals surface area (Å²) >= 11 is 0. The molecule has 2 aromatic rings. The number of hydrogen-bond acceptors (Lipinski definition) is 7. The Morgan fingerprint density at radius 2 is 2.05 bits per heavy atom. The van der Waals surface area contributed by atoms with E-state index in [-0.39, 0.29) is 23.4 Å². The van der Waals surface area contributed by atoms with Gasteiger partial charge in [-0.05, 0) is 26.0 Å². The standard InChI is InChI=1S/C12H14N6O2/c1-8(2)16-11-10(18(19)20)12(15-7-14-11)17-9-4-3-5-13-6-9/h3-8H,1-2H3,(H2,14,15,16,17). The average Bonchev–Trinajstić information content (AvgIpc) is 2.39. The average molecular weight is 274 g/mol. The van der Waals surface area contributed by atoms with Gasteiger partial charge in [-0.2, -0.15) is 0 Å². The van der Waals surface area contributed by atoms with Crippen molar-refractivity contribution in [2.45, 2.75) is 19.9 Å². The number of nitrogens with one attached hydrogen (secondary N) is 2. The number of pyridine rings is 1. The minimum absolute atomic E-state index is 0.0230. The molecule has 8 nitrogen and oxygen atoms in total. The quantitative estimate of drug-likeness (QED) is 0.636. The molecule has 0 saturated carbocycles. The first-order chi connectivity index (χ1) is 9.58. The number of nitro groups is 1. The summed E-state index contributed by atoms with van der Waals surface area (Å²) in [5.41, 5.74) is 0.426. The van der Waals surface area contributed by atoms with Crippen LogP contribution in [0.1, 0.15) is 13.8 Å². The SMILES string of the molecule is CC(C)Nc1ncnc(Nc2cccnc2)c1[N+](=O)[O-]. The summed E-state index contributed by atoms with van der Waals surface area (Å²) in [6, 6.07) is 3.49. The minimum Gasteiger partial charge on any atom is -0.362 e. The zero-order valence-corrected chi connectivity index (χ0v) is 11.1. The second-order valence-electron chi connectivity index (χ2n) is 4.34. The van der Waals surface area contributed by atoms with Crippen LogP contribution in [0.3, 0.4) is 0 Å². The number of anilines is 3. The van der Waals surface area contributed by atoms with Crippen LogP contribution >= 0.6 is 0 Å². The summed E-state index contributed by atoms with van der Waals surface area (Å²) < 4.78 is 0. The highest BCUT2D eigenvalue weighted by Gasteiger charge is 2.23. The maximum absolute atomic E-state index is 11.2. The van der Waals surface area contributed by atoms with Gasteiger partial charge in [0.15, 0.2) is 0 Å². The molecule has 104 valence electrons. The van der Waals surface area contributed by atoms with E-state index < -0.39 is 4.92 Å². The first-order valence-electron chi connectivity index (χ1n) is 6.01. The second kappa shape index (κ2) is 5.91. The Balaban J connectivity index is 2.39. The Hall–Kier alpha value is -2.77. The normalized spacial score (nSPS) is 10.3. The van der Waals surface area contributed by atoms with Crippen molar-refractivity contribution >= 4 is 23.0 Å². The predicted octanol–water partition coefficient (Wildman–Crippen LogP) is 2.34. The van der Waals surface area contributed by atoms with Crippen molar-refractivity contribution in [3.05, 3.63) is 41.0 Å². The highest BCUT2D eigenvalue weighted by atomic mass is 16.6. The molecule has 0 aliphatic carbocycles. The highest BCUT2D eigenvalue weighted by molar-refractivity contribution is 5.73. The molecule has 0 unspecified atom stereocenters. The van der Waals surface area contributed by atoms with Crippen molar-refractivity contribution in [3.8, 4) is 0 Å². The Labute approximate surface area is 115 Å². The van der Waals surface area contributed by atoms with Crippen LogP contribution in [-0.2, 0) is 0 Å². The lowest BCUT2D eigenvalue weighted by Crippen LogP contribution is -2.14. The molecule has 0 atom stereocenters.